The number of methoxy groups -OCH3 is 1. The molecule has 0 spiro atoms. The molecule has 3 rings (SSSR count). The number of ether oxygens (including phenoxy) is 2. The number of carbonyl (C=O) groups excluding carboxylic acids is 1. The first-order chi connectivity index (χ1) is 15.4. The van der Waals surface area contributed by atoms with E-state index in [-0.39, 0.29) is 11.7 Å². The second-order valence-electron chi connectivity index (χ2n) is 6.84. The van der Waals surface area contributed by atoms with Crippen LogP contribution in [0.3, 0.4) is 0 Å². The molecule has 3 aromatic rings. The Kier molecular flexibility index (Phi) is 9.02. The second kappa shape index (κ2) is 11.9. The van der Waals surface area contributed by atoms with Crippen LogP contribution in [0.2, 0.25) is 5.02 Å². The van der Waals surface area contributed by atoms with E-state index in [1.807, 2.05) is 43.3 Å². The van der Waals surface area contributed by atoms with E-state index in [1.165, 1.54) is 17.3 Å². The number of rotatable bonds is 9. The Labute approximate surface area is 205 Å². The average molecular weight is 534 g/mol. The topological polar surface area (TPSA) is 59.9 Å². The van der Waals surface area contributed by atoms with Crippen molar-refractivity contribution in [2.45, 2.75) is 18.4 Å². The number of aryl methyl sites for hydroxylation is 1. The van der Waals surface area contributed by atoms with E-state index in [1.54, 1.807) is 31.5 Å². The Morgan fingerprint density at radius 2 is 1.94 bits per heavy atom. The molecule has 1 N–H and O–H groups in total. The molecule has 32 heavy (non-hydrogen) atoms. The molecule has 0 heterocycles. The zero-order valence-corrected chi connectivity index (χ0v) is 20.8. The Hall–Kier alpha value is -2.48. The van der Waals surface area contributed by atoms with Crippen molar-refractivity contribution >= 4 is 51.4 Å². The van der Waals surface area contributed by atoms with Crippen molar-refractivity contribution < 1.29 is 14.3 Å². The lowest BCUT2D eigenvalue weighted by molar-refractivity contribution is -0.118. The lowest BCUT2D eigenvalue weighted by Gasteiger charge is -2.13. The maximum absolute atomic E-state index is 12.1. The van der Waals surface area contributed by atoms with Crippen molar-refractivity contribution in [2.24, 2.45) is 5.10 Å². The summed E-state index contributed by atoms with van der Waals surface area (Å²) < 4.78 is 12.2. The van der Waals surface area contributed by atoms with Gasteiger partial charge in [0.25, 0.3) is 0 Å². The minimum atomic E-state index is -0.206. The van der Waals surface area contributed by atoms with Gasteiger partial charge in [-0.05, 0) is 64.8 Å². The molecule has 0 radical (unpaired) electrons. The van der Waals surface area contributed by atoms with E-state index in [2.05, 4.69) is 32.5 Å². The van der Waals surface area contributed by atoms with E-state index in [0.29, 0.717) is 23.1 Å². The van der Waals surface area contributed by atoms with Crippen LogP contribution in [0.5, 0.6) is 11.5 Å². The Morgan fingerprint density at radius 1 is 1.16 bits per heavy atom. The molecule has 1 amide bonds. The van der Waals surface area contributed by atoms with Crippen molar-refractivity contribution in [3.8, 4) is 11.5 Å². The van der Waals surface area contributed by atoms with Gasteiger partial charge in [0.2, 0.25) is 5.91 Å². The van der Waals surface area contributed by atoms with Crippen molar-refractivity contribution in [3.63, 3.8) is 0 Å². The molecular weight excluding hydrogens is 512 g/mol. The van der Waals surface area contributed by atoms with Gasteiger partial charge in [0, 0.05) is 20.0 Å². The average Bonchev–Trinajstić information content (AvgIpc) is 2.78. The highest BCUT2D eigenvalue weighted by Gasteiger charge is 2.10. The number of hydrogen-bond donors (Lipinski definition) is 1. The van der Waals surface area contributed by atoms with Crippen LogP contribution < -0.4 is 14.9 Å². The van der Waals surface area contributed by atoms with Gasteiger partial charge in [-0.2, -0.15) is 5.10 Å². The summed E-state index contributed by atoms with van der Waals surface area (Å²) in [6.07, 6.45) is 1.56. The van der Waals surface area contributed by atoms with Gasteiger partial charge in [-0.25, -0.2) is 5.43 Å². The number of hydrazone groups is 1. The number of nitrogens with zero attached hydrogens (tertiary/aromatic N) is 1. The van der Waals surface area contributed by atoms with Gasteiger partial charge in [-0.15, -0.1) is 11.8 Å². The molecule has 0 bridgehead atoms. The molecule has 3 aromatic carbocycles. The zero-order valence-electron chi connectivity index (χ0n) is 17.6. The lowest BCUT2D eigenvalue weighted by atomic mass is 10.1. The molecule has 5 nitrogen and oxygen atoms in total. The van der Waals surface area contributed by atoms with Crippen molar-refractivity contribution in [1.82, 2.24) is 5.43 Å². The molecule has 0 aromatic heterocycles. The number of halogens is 2. The van der Waals surface area contributed by atoms with Crippen LogP contribution in [0, 0.1) is 6.92 Å². The molecule has 0 saturated heterocycles. The Bertz CT molecular complexity index is 1110. The summed E-state index contributed by atoms with van der Waals surface area (Å²) in [7, 11) is 1.58. The maximum atomic E-state index is 12.1. The van der Waals surface area contributed by atoms with Crippen LogP contribution in [0.4, 0.5) is 0 Å². The molecule has 0 atom stereocenters. The third-order valence-corrected chi connectivity index (χ3v) is 6.29. The van der Waals surface area contributed by atoms with E-state index in [0.717, 1.165) is 20.5 Å². The van der Waals surface area contributed by atoms with Gasteiger partial charge in [0.05, 0.1) is 19.1 Å². The highest BCUT2D eigenvalue weighted by Crippen LogP contribution is 2.33. The highest BCUT2D eigenvalue weighted by atomic mass is 79.9. The normalized spacial score (nSPS) is 10.9. The molecule has 0 saturated carbocycles. The van der Waals surface area contributed by atoms with Gasteiger partial charge in [-0.1, -0.05) is 41.4 Å². The SMILES string of the molecule is COc1cc(/C=N\NC(=O)CSc2ccc(Cl)cc2)c(Br)cc1OCc1cccc(C)c1. The first-order valence-corrected chi connectivity index (χ1v) is 11.9. The molecule has 0 aliphatic carbocycles. The molecule has 0 aliphatic rings. The Balaban J connectivity index is 1.57. The zero-order chi connectivity index (χ0) is 22.9. The smallest absolute Gasteiger partial charge is 0.250 e. The van der Waals surface area contributed by atoms with E-state index >= 15 is 0 Å². The first-order valence-electron chi connectivity index (χ1n) is 9.71. The maximum Gasteiger partial charge on any atom is 0.250 e. The standard InChI is InChI=1S/C24H22BrClN2O3S/c1-16-4-3-5-17(10-16)14-31-23-12-21(25)18(11-22(23)30-2)13-27-28-24(29)15-32-20-8-6-19(26)7-9-20/h3-13H,14-15H2,1-2H3,(H,28,29)/b27-13-. The summed E-state index contributed by atoms with van der Waals surface area (Å²) in [6.45, 7) is 2.48. The summed E-state index contributed by atoms with van der Waals surface area (Å²) in [5.41, 5.74) is 5.54. The predicted octanol–water partition coefficient (Wildman–Crippen LogP) is 6.24. The first kappa shape index (κ1) is 24.2. The number of thioether (sulfide) groups is 1. The third-order valence-electron chi connectivity index (χ3n) is 4.34. The van der Waals surface area contributed by atoms with Crippen LogP contribution in [0.15, 0.2) is 75.1 Å². The van der Waals surface area contributed by atoms with Crippen LogP contribution >= 0.6 is 39.3 Å². The van der Waals surface area contributed by atoms with E-state index in [9.17, 15) is 4.79 Å². The monoisotopic (exact) mass is 532 g/mol. The van der Waals surface area contributed by atoms with Crippen LogP contribution in [-0.2, 0) is 11.4 Å². The van der Waals surface area contributed by atoms with Gasteiger partial charge in [-0.3, -0.25) is 4.79 Å². The molecular formula is C24H22BrClN2O3S. The molecule has 0 aliphatic heterocycles. The fourth-order valence-electron chi connectivity index (χ4n) is 2.77. The number of benzene rings is 3. The van der Waals surface area contributed by atoms with Gasteiger partial charge in [0.15, 0.2) is 11.5 Å². The molecule has 166 valence electrons. The van der Waals surface area contributed by atoms with E-state index in [4.69, 9.17) is 21.1 Å². The van der Waals surface area contributed by atoms with Crippen molar-refractivity contribution in [2.75, 3.05) is 12.9 Å². The summed E-state index contributed by atoms with van der Waals surface area (Å²) in [5, 5.41) is 4.71. The Morgan fingerprint density at radius 3 is 2.66 bits per heavy atom. The number of amides is 1. The summed E-state index contributed by atoms with van der Waals surface area (Å²) in [4.78, 5) is 13.0. The van der Waals surface area contributed by atoms with Crippen LogP contribution in [0.1, 0.15) is 16.7 Å². The number of carbonyl (C=O) groups is 1. The van der Waals surface area contributed by atoms with Crippen molar-refractivity contribution in [3.05, 3.63) is 86.8 Å². The summed E-state index contributed by atoms with van der Waals surface area (Å²) in [6, 6.07) is 19.1. The fraction of sp³-hybridized carbons (Fsp3) is 0.167. The summed E-state index contributed by atoms with van der Waals surface area (Å²) >= 11 is 10.8. The highest BCUT2D eigenvalue weighted by molar-refractivity contribution is 9.10. The summed E-state index contributed by atoms with van der Waals surface area (Å²) in [5.74, 6) is 1.23. The second-order valence-corrected chi connectivity index (χ2v) is 9.18. The minimum Gasteiger partial charge on any atom is -0.493 e. The molecule has 0 fully saturated rings. The largest absolute Gasteiger partial charge is 0.493 e. The van der Waals surface area contributed by atoms with Crippen LogP contribution in [-0.4, -0.2) is 25.0 Å². The predicted molar refractivity (Wildman–Crippen MR) is 134 cm³/mol. The lowest BCUT2D eigenvalue weighted by Crippen LogP contribution is -2.19. The van der Waals surface area contributed by atoms with Gasteiger partial charge < -0.3 is 9.47 Å². The number of nitrogens with one attached hydrogen (secondary N) is 1. The molecule has 0 unspecified atom stereocenters. The third kappa shape index (κ3) is 7.29. The van der Waals surface area contributed by atoms with Crippen LogP contribution in [0.25, 0.3) is 0 Å². The minimum absolute atomic E-state index is 0.206. The van der Waals surface area contributed by atoms with Gasteiger partial charge >= 0.3 is 0 Å². The molecule has 8 heteroatoms. The quantitative estimate of drug-likeness (QED) is 0.201. The van der Waals surface area contributed by atoms with Crippen molar-refractivity contribution in [1.29, 1.82) is 0 Å². The number of hydrogen-bond acceptors (Lipinski definition) is 5. The fourth-order valence-corrected chi connectivity index (χ4v) is 4.01. The van der Waals surface area contributed by atoms with Gasteiger partial charge in [0.1, 0.15) is 6.61 Å². The van der Waals surface area contributed by atoms with E-state index < -0.39 is 0 Å².